The number of benzene rings is 3. The van der Waals surface area contributed by atoms with Crippen LogP contribution >= 0.6 is 0 Å². The molecule has 5 heteroatoms. The van der Waals surface area contributed by atoms with E-state index in [2.05, 4.69) is 0 Å². The van der Waals surface area contributed by atoms with Gasteiger partial charge in [0.15, 0.2) is 11.5 Å². The molecule has 0 bridgehead atoms. The highest BCUT2D eigenvalue weighted by molar-refractivity contribution is 5.91. The third-order valence-electron chi connectivity index (χ3n) is 3.75. The zero-order valence-corrected chi connectivity index (χ0v) is 12.8. The summed E-state index contributed by atoms with van der Waals surface area (Å²) >= 11 is 0. The summed E-state index contributed by atoms with van der Waals surface area (Å²) < 4.78 is 10.6. The maximum atomic E-state index is 11.2. The molecule has 0 amide bonds. The number of rotatable bonds is 4. The van der Waals surface area contributed by atoms with Gasteiger partial charge in [-0.2, -0.15) is 0 Å². The molecule has 0 aliphatic carbocycles. The Bertz CT molecular complexity index is 889. The van der Waals surface area contributed by atoms with Crippen molar-refractivity contribution in [3.05, 3.63) is 64.7 Å². The summed E-state index contributed by atoms with van der Waals surface area (Å²) in [6.07, 6.45) is 0. The van der Waals surface area contributed by atoms with Crippen LogP contribution in [0, 0.1) is 10.1 Å². The first-order chi connectivity index (χ1) is 11.1. The summed E-state index contributed by atoms with van der Waals surface area (Å²) in [6, 6.07) is 16.2. The van der Waals surface area contributed by atoms with Crippen molar-refractivity contribution in [2.75, 3.05) is 14.2 Å². The predicted molar refractivity (Wildman–Crippen MR) is 89.1 cm³/mol. The molecule has 3 rings (SSSR count). The fraction of sp³-hybridized carbons (Fsp3) is 0.111. The lowest BCUT2D eigenvalue weighted by atomic mass is 9.99. The Hall–Kier alpha value is -3.08. The Kier molecular flexibility index (Phi) is 3.85. The van der Waals surface area contributed by atoms with E-state index in [0.717, 1.165) is 16.3 Å². The van der Waals surface area contributed by atoms with Crippen LogP contribution in [0.3, 0.4) is 0 Å². The van der Waals surface area contributed by atoms with Gasteiger partial charge in [-0.3, -0.25) is 10.1 Å². The van der Waals surface area contributed by atoms with E-state index in [1.165, 1.54) is 6.07 Å². The van der Waals surface area contributed by atoms with Crippen molar-refractivity contribution in [1.29, 1.82) is 0 Å². The molecule has 0 aliphatic heterocycles. The molecule has 0 fully saturated rings. The SMILES string of the molecule is COc1cc2ccc(-c3ccccc3[N+](=O)[O-])cc2cc1OC. The topological polar surface area (TPSA) is 61.6 Å². The Morgan fingerprint density at radius 2 is 1.52 bits per heavy atom. The van der Waals surface area contributed by atoms with Crippen LogP contribution < -0.4 is 9.47 Å². The molecule has 0 aromatic heterocycles. The maximum Gasteiger partial charge on any atom is 0.277 e. The van der Waals surface area contributed by atoms with E-state index in [4.69, 9.17) is 9.47 Å². The smallest absolute Gasteiger partial charge is 0.277 e. The molecule has 0 atom stereocenters. The van der Waals surface area contributed by atoms with Gasteiger partial charge in [0.1, 0.15) is 0 Å². The van der Waals surface area contributed by atoms with E-state index < -0.39 is 0 Å². The molecule has 5 nitrogen and oxygen atoms in total. The first-order valence-corrected chi connectivity index (χ1v) is 7.03. The summed E-state index contributed by atoms with van der Waals surface area (Å²) in [5.74, 6) is 1.28. The molecule has 116 valence electrons. The minimum Gasteiger partial charge on any atom is -0.493 e. The average Bonchev–Trinajstić information content (AvgIpc) is 2.59. The number of fused-ring (bicyclic) bond motifs is 1. The van der Waals surface area contributed by atoms with Crippen LogP contribution in [0.15, 0.2) is 54.6 Å². The van der Waals surface area contributed by atoms with Gasteiger partial charge >= 0.3 is 0 Å². The number of hydrogen-bond acceptors (Lipinski definition) is 4. The molecule has 3 aromatic rings. The third-order valence-corrected chi connectivity index (χ3v) is 3.75. The molecule has 0 aliphatic rings. The number of ether oxygens (including phenoxy) is 2. The monoisotopic (exact) mass is 309 g/mol. The van der Waals surface area contributed by atoms with Gasteiger partial charge in [0.05, 0.1) is 24.7 Å². The van der Waals surface area contributed by atoms with Crippen molar-refractivity contribution < 1.29 is 14.4 Å². The molecule has 23 heavy (non-hydrogen) atoms. The first kappa shape index (κ1) is 14.8. The minimum absolute atomic E-state index is 0.0901. The number of hydrogen-bond donors (Lipinski definition) is 0. The van der Waals surface area contributed by atoms with Gasteiger partial charge in [-0.05, 0) is 40.6 Å². The molecule has 0 heterocycles. The van der Waals surface area contributed by atoms with Crippen molar-refractivity contribution in [1.82, 2.24) is 0 Å². The van der Waals surface area contributed by atoms with E-state index >= 15 is 0 Å². The molecule has 0 radical (unpaired) electrons. The summed E-state index contributed by atoms with van der Waals surface area (Å²) in [5, 5.41) is 13.1. The lowest BCUT2D eigenvalue weighted by Gasteiger charge is -2.10. The van der Waals surface area contributed by atoms with Crippen molar-refractivity contribution in [2.24, 2.45) is 0 Å². The van der Waals surface area contributed by atoms with Crippen LogP contribution in [0.1, 0.15) is 0 Å². The number of nitro groups is 1. The molecule has 0 N–H and O–H groups in total. The van der Waals surface area contributed by atoms with Crippen molar-refractivity contribution in [2.45, 2.75) is 0 Å². The summed E-state index contributed by atoms with van der Waals surface area (Å²) in [6.45, 7) is 0. The molecule has 3 aromatic carbocycles. The van der Waals surface area contributed by atoms with Gasteiger partial charge in [0.25, 0.3) is 5.69 Å². The zero-order valence-electron chi connectivity index (χ0n) is 12.8. The highest BCUT2D eigenvalue weighted by Crippen LogP contribution is 2.36. The van der Waals surface area contributed by atoms with E-state index in [1.807, 2.05) is 30.3 Å². The second-order valence-corrected chi connectivity index (χ2v) is 5.04. The van der Waals surface area contributed by atoms with Crippen LogP contribution in [-0.4, -0.2) is 19.1 Å². The van der Waals surface area contributed by atoms with Crippen LogP contribution in [-0.2, 0) is 0 Å². The van der Waals surface area contributed by atoms with Crippen molar-refractivity contribution in [3.8, 4) is 22.6 Å². The fourth-order valence-corrected chi connectivity index (χ4v) is 2.62. The zero-order chi connectivity index (χ0) is 16.4. The third kappa shape index (κ3) is 2.68. The van der Waals surface area contributed by atoms with Crippen LogP contribution in [0.5, 0.6) is 11.5 Å². The van der Waals surface area contributed by atoms with Crippen LogP contribution in [0.2, 0.25) is 0 Å². The fourth-order valence-electron chi connectivity index (χ4n) is 2.62. The molecular formula is C18H15NO4. The van der Waals surface area contributed by atoms with E-state index in [9.17, 15) is 10.1 Å². The quantitative estimate of drug-likeness (QED) is 0.528. The molecule has 0 saturated heterocycles. The standard InChI is InChI=1S/C18H15NO4/c1-22-17-10-12-7-8-13(9-14(12)11-18(17)23-2)15-5-3-4-6-16(15)19(20)21/h3-11H,1-2H3. The van der Waals surface area contributed by atoms with Crippen molar-refractivity contribution >= 4 is 16.5 Å². The van der Waals surface area contributed by atoms with Gasteiger partial charge in [-0.15, -0.1) is 0 Å². The second kappa shape index (κ2) is 5.96. The van der Waals surface area contributed by atoms with E-state index in [0.29, 0.717) is 17.1 Å². The second-order valence-electron chi connectivity index (χ2n) is 5.04. The number of para-hydroxylation sites is 1. The van der Waals surface area contributed by atoms with Crippen molar-refractivity contribution in [3.63, 3.8) is 0 Å². The Morgan fingerprint density at radius 3 is 2.17 bits per heavy atom. The van der Waals surface area contributed by atoms with E-state index in [-0.39, 0.29) is 10.6 Å². The molecule has 0 spiro atoms. The summed E-state index contributed by atoms with van der Waals surface area (Å²) in [5.41, 5.74) is 1.47. The summed E-state index contributed by atoms with van der Waals surface area (Å²) in [7, 11) is 3.17. The van der Waals surface area contributed by atoms with E-state index in [1.54, 1.807) is 32.4 Å². The number of methoxy groups -OCH3 is 2. The summed E-state index contributed by atoms with van der Waals surface area (Å²) in [4.78, 5) is 10.8. The lowest BCUT2D eigenvalue weighted by molar-refractivity contribution is -0.384. The number of nitrogens with zero attached hydrogens (tertiary/aromatic N) is 1. The Labute approximate surface area is 133 Å². The molecule has 0 saturated carbocycles. The number of nitro benzene ring substituents is 1. The average molecular weight is 309 g/mol. The van der Waals surface area contributed by atoms with Gasteiger partial charge in [-0.1, -0.05) is 24.3 Å². The highest BCUT2D eigenvalue weighted by atomic mass is 16.6. The Morgan fingerprint density at radius 1 is 0.870 bits per heavy atom. The van der Waals surface area contributed by atoms with Crippen LogP contribution in [0.4, 0.5) is 5.69 Å². The molecular weight excluding hydrogens is 294 g/mol. The van der Waals surface area contributed by atoms with Crippen LogP contribution in [0.25, 0.3) is 21.9 Å². The van der Waals surface area contributed by atoms with Gasteiger partial charge < -0.3 is 9.47 Å². The Balaban J connectivity index is 2.19. The minimum atomic E-state index is -0.367. The van der Waals surface area contributed by atoms with Gasteiger partial charge in [-0.25, -0.2) is 0 Å². The predicted octanol–water partition coefficient (Wildman–Crippen LogP) is 4.43. The van der Waals surface area contributed by atoms with Gasteiger partial charge in [0, 0.05) is 6.07 Å². The highest BCUT2D eigenvalue weighted by Gasteiger charge is 2.15. The largest absolute Gasteiger partial charge is 0.493 e. The first-order valence-electron chi connectivity index (χ1n) is 7.03. The van der Waals surface area contributed by atoms with Gasteiger partial charge in [0.2, 0.25) is 0 Å². The normalized spacial score (nSPS) is 10.5. The maximum absolute atomic E-state index is 11.2. The lowest BCUT2D eigenvalue weighted by Crippen LogP contribution is -1.92. The molecule has 0 unspecified atom stereocenters.